The Hall–Kier alpha value is -3.04. The van der Waals surface area contributed by atoms with Gasteiger partial charge in [0, 0.05) is 47.2 Å². The fourth-order valence-electron chi connectivity index (χ4n) is 4.03. The molecular formula is C23H21BrFN3O4. The highest BCUT2D eigenvalue weighted by Gasteiger charge is 2.30. The first kappa shape index (κ1) is 22.2. The molecule has 3 amide bonds. The number of carbonyl (C=O) groups excluding carboxylic acids is 3. The van der Waals surface area contributed by atoms with Gasteiger partial charge in [-0.25, -0.2) is 4.39 Å². The van der Waals surface area contributed by atoms with Crippen LogP contribution in [0.2, 0.25) is 0 Å². The Morgan fingerprint density at radius 1 is 1.22 bits per heavy atom. The van der Waals surface area contributed by atoms with Crippen molar-refractivity contribution >= 4 is 45.0 Å². The molecule has 0 radical (unpaired) electrons. The smallest absolute Gasteiger partial charge is 0.253 e. The lowest BCUT2D eigenvalue weighted by Crippen LogP contribution is -2.37. The molecule has 0 unspecified atom stereocenters. The number of halogens is 2. The highest BCUT2D eigenvalue weighted by atomic mass is 79.9. The lowest BCUT2D eigenvalue weighted by molar-refractivity contribution is -0.121. The Bertz CT molecular complexity index is 1120. The van der Waals surface area contributed by atoms with Crippen LogP contribution in [-0.2, 0) is 20.8 Å². The van der Waals surface area contributed by atoms with E-state index in [9.17, 15) is 23.9 Å². The van der Waals surface area contributed by atoms with Crippen molar-refractivity contribution in [3.05, 3.63) is 69.6 Å². The molecule has 0 fully saturated rings. The molecule has 166 valence electrons. The third-order valence-electron chi connectivity index (χ3n) is 5.63. The molecule has 2 aliphatic rings. The summed E-state index contributed by atoms with van der Waals surface area (Å²) in [6.45, 7) is -0.000449. The van der Waals surface area contributed by atoms with Crippen molar-refractivity contribution in [1.82, 2.24) is 5.32 Å². The molecule has 0 spiro atoms. The van der Waals surface area contributed by atoms with E-state index in [1.54, 1.807) is 18.2 Å². The molecule has 0 saturated heterocycles. The summed E-state index contributed by atoms with van der Waals surface area (Å²) in [5, 5.41) is 14.8. The molecule has 4 rings (SSSR count). The van der Waals surface area contributed by atoms with E-state index in [0.29, 0.717) is 39.8 Å². The van der Waals surface area contributed by atoms with E-state index in [1.165, 1.54) is 23.2 Å². The zero-order chi connectivity index (χ0) is 22.8. The van der Waals surface area contributed by atoms with E-state index in [-0.39, 0.29) is 31.4 Å². The summed E-state index contributed by atoms with van der Waals surface area (Å²) >= 11 is 3.48. The summed E-state index contributed by atoms with van der Waals surface area (Å²) in [5.41, 5.74) is 3.05. The Labute approximate surface area is 192 Å². The number of nitrogens with zero attached hydrogens (tertiary/aromatic N) is 1. The Kier molecular flexibility index (Phi) is 6.38. The summed E-state index contributed by atoms with van der Waals surface area (Å²) in [4.78, 5) is 39.0. The number of aryl methyl sites for hydroxylation is 1. The van der Waals surface area contributed by atoms with Crippen molar-refractivity contribution in [2.24, 2.45) is 0 Å². The van der Waals surface area contributed by atoms with Crippen LogP contribution in [0.5, 0.6) is 0 Å². The average Bonchev–Trinajstić information content (AvgIpc) is 2.77. The third-order valence-corrected chi connectivity index (χ3v) is 6.28. The molecule has 0 bridgehead atoms. The van der Waals surface area contributed by atoms with Gasteiger partial charge in [0.1, 0.15) is 5.82 Å². The monoisotopic (exact) mass is 501 g/mol. The topological polar surface area (TPSA) is 98.7 Å². The molecule has 0 saturated carbocycles. The maximum absolute atomic E-state index is 13.3. The van der Waals surface area contributed by atoms with Crippen LogP contribution in [0.4, 0.5) is 15.8 Å². The average molecular weight is 502 g/mol. The molecule has 32 heavy (non-hydrogen) atoms. The molecule has 2 aliphatic heterocycles. The van der Waals surface area contributed by atoms with Crippen LogP contribution in [-0.4, -0.2) is 36.0 Å². The fourth-order valence-corrected chi connectivity index (χ4v) is 4.52. The highest BCUT2D eigenvalue weighted by Crippen LogP contribution is 2.37. The number of rotatable bonds is 5. The molecule has 1 atom stereocenters. The molecule has 7 nitrogen and oxygen atoms in total. The van der Waals surface area contributed by atoms with Gasteiger partial charge < -0.3 is 20.6 Å². The van der Waals surface area contributed by atoms with Crippen molar-refractivity contribution in [2.45, 2.75) is 25.2 Å². The maximum atomic E-state index is 13.3. The number of hydrogen-bond donors (Lipinski definition) is 3. The summed E-state index contributed by atoms with van der Waals surface area (Å²) < 4.78 is 14.0. The fraction of sp³-hybridized carbons (Fsp3) is 0.261. The van der Waals surface area contributed by atoms with Crippen LogP contribution in [0.25, 0.3) is 0 Å². The van der Waals surface area contributed by atoms with Crippen LogP contribution in [0.3, 0.4) is 0 Å². The Morgan fingerprint density at radius 2 is 1.97 bits per heavy atom. The number of fused-ring (bicyclic) bond motifs is 1. The number of carbonyl (C=O) groups is 3. The van der Waals surface area contributed by atoms with Crippen LogP contribution in [0, 0.1) is 5.82 Å². The quantitative estimate of drug-likeness (QED) is 0.586. The van der Waals surface area contributed by atoms with E-state index in [4.69, 9.17) is 0 Å². The van der Waals surface area contributed by atoms with Gasteiger partial charge in [0.15, 0.2) is 0 Å². The second-order valence-electron chi connectivity index (χ2n) is 7.66. The van der Waals surface area contributed by atoms with Gasteiger partial charge in [-0.2, -0.15) is 0 Å². The minimum Gasteiger partial charge on any atom is -0.395 e. The lowest BCUT2D eigenvalue weighted by Gasteiger charge is -2.30. The van der Waals surface area contributed by atoms with Gasteiger partial charge in [0.25, 0.3) is 5.91 Å². The van der Waals surface area contributed by atoms with Crippen LogP contribution in [0.1, 0.15) is 29.9 Å². The van der Waals surface area contributed by atoms with Crippen molar-refractivity contribution in [3.8, 4) is 0 Å². The second-order valence-corrected chi connectivity index (χ2v) is 8.51. The minimum atomic E-state index is -0.520. The van der Waals surface area contributed by atoms with E-state index in [1.807, 2.05) is 6.07 Å². The van der Waals surface area contributed by atoms with Gasteiger partial charge in [-0.05, 0) is 57.7 Å². The largest absolute Gasteiger partial charge is 0.395 e. The van der Waals surface area contributed by atoms with Gasteiger partial charge in [-0.3, -0.25) is 14.4 Å². The summed E-state index contributed by atoms with van der Waals surface area (Å²) in [5.74, 6) is -1.66. The molecule has 0 aliphatic carbocycles. The van der Waals surface area contributed by atoms with Crippen LogP contribution < -0.4 is 15.5 Å². The minimum absolute atomic E-state index is 0.0645. The summed E-state index contributed by atoms with van der Waals surface area (Å²) in [6, 6.07) is 9.28. The standard InChI is InChI=1S/C23H21BrFN3O4/c24-18-9-14-3-6-22(31)28(7-8-29)20(14)11-19(18)27-23(32)17-12-26-21(30)10-16(17)13-1-4-15(25)5-2-13/h1-2,4-5,9,11-12,16,29H,3,6-8,10H2,(H,26,30)(H,27,32)/t16-/m0/s1. The van der Waals surface area contributed by atoms with Gasteiger partial charge in [0.05, 0.1) is 12.3 Å². The number of aliphatic hydroxyl groups is 1. The normalized spacial score (nSPS) is 18.0. The van der Waals surface area contributed by atoms with E-state index >= 15 is 0 Å². The number of β-amino-alcohol motifs (C(OH)–C–C–N with tert-alkyl or cyclic N) is 1. The van der Waals surface area contributed by atoms with Gasteiger partial charge >= 0.3 is 0 Å². The molecular weight excluding hydrogens is 481 g/mol. The highest BCUT2D eigenvalue weighted by molar-refractivity contribution is 9.10. The van der Waals surface area contributed by atoms with Crippen molar-refractivity contribution < 1.29 is 23.9 Å². The predicted molar refractivity (Wildman–Crippen MR) is 121 cm³/mol. The molecule has 2 aromatic rings. The molecule has 3 N–H and O–H groups in total. The number of benzene rings is 2. The van der Waals surface area contributed by atoms with Crippen LogP contribution >= 0.6 is 15.9 Å². The number of anilines is 2. The van der Waals surface area contributed by atoms with Crippen molar-refractivity contribution in [1.29, 1.82) is 0 Å². The third kappa shape index (κ3) is 4.44. The SMILES string of the molecule is O=C1C[C@@H](c2ccc(F)cc2)C(C(=O)Nc2cc3c(cc2Br)CCC(=O)N3CCO)=CN1. The molecule has 9 heteroatoms. The zero-order valence-corrected chi connectivity index (χ0v) is 18.6. The first-order valence-electron chi connectivity index (χ1n) is 10.2. The van der Waals surface area contributed by atoms with E-state index in [0.717, 1.165) is 5.56 Å². The van der Waals surface area contributed by atoms with Gasteiger partial charge in [-0.15, -0.1) is 0 Å². The predicted octanol–water partition coefficient (Wildman–Crippen LogP) is 2.99. The van der Waals surface area contributed by atoms with Crippen LogP contribution in [0.15, 0.2) is 52.6 Å². The number of hydrogen-bond acceptors (Lipinski definition) is 4. The molecule has 0 aromatic heterocycles. The van der Waals surface area contributed by atoms with Crippen molar-refractivity contribution in [3.63, 3.8) is 0 Å². The maximum Gasteiger partial charge on any atom is 0.253 e. The number of aliphatic hydroxyl groups excluding tert-OH is 1. The lowest BCUT2D eigenvalue weighted by atomic mass is 9.86. The number of nitrogens with one attached hydrogen (secondary N) is 2. The summed E-state index contributed by atoms with van der Waals surface area (Å²) in [6.07, 6.45) is 2.38. The van der Waals surface area contributed by atoms with Gasteiger partial charge in [-0.1, -0.05) is 12.1 Å². The second kappa shape index (κ2) is 9.22. The Morgan fingerprint density at radius 3 is 2.69 bits per heavy atom. The Balaban J connectivity index is 1.63. The van der Waals surface area contributed by atoms with E-state index in [2.05, 4.69) is 26.6 Å². The van der Waals surface area contributed by atoms with Gasteiger partial charge in [0.2, 0.25) is 11.8 Å². The zero-order valence-electron chi connectivity index (χ0n) is 17.0. The number of amides is 3. The first-order valence-corrected chi connectivity index (χ1v) is 11.0. The molecule has 2 aromatic carbocycles. The summed E-state index contributed by atoms with van der Waals surface area (Å²) in [7, 11) is 0. The van der Waals surface area contributed by atoms with Crippen molar-refractivity contribution in [2.75, 3.05) is 23.4 Å². The first-order chi connectivity index (χ1) is 15.4. The molecule has 2 heterocycles. The van der Waals surface area contributed by atoms with E-state index < -0.39 is 17.6 Å².